The first kappa shape index (κ1) is 15.0. The van der Waals surface area contributed by atoms with Gasteiger partial charge in [-0.15, -0.1) is 0 Å². The second-order valence-electron chi connectivity index (χ2n) is 6.27. The first-order valence-corrected chi connectivity index (χ1v) is 6.56. The van der Waals surface area contributed by atoms with Gasteiger partial charge in [0.05, 0.1) is 0 Å². The van der Waals surface area contributed by atoms with E-state index in [0.29, 0.717) is 18.5 Å². The van der Waals surface area contributed by atoms with E-state index in [2.05, 4.69) is 15.4 Å². The maximum Gasteiger partial charge on any atom is 0.433 e. The van der Waals surface area contributed by atoms with E-state index >= 15 is 0 Å². The summed E-state index contributed by atoms with van der Waals surface area (Å²) >= 11 is 0. The Balaban J connectivity index is 2.49. The predicted molar refractivity (Wildman–Crippen MR) is 69.8 cm³/mol. The van der Waals surface area contributed by atoms with Crippen molar-refractivity contribution in [1.29, 1.82) is 0 Å². The fourth-order valence-corrected chi connectivity index (χ4v) is 2.65. The summed E-state index contributed by atoms with van der Waals surface area (Å²) < 4.78 is 39.5. The molecule has 0 aromatic carbocycles. The van der Waals surface area contributed by atoms with E-state index in [1.54, 1.807) is 0 Å². The summed E-state index contributed by atoms with van der Waals surface area (Å²) in [6, 6.07) is 0. The second kappa shape index (κ2) is 4.87. The predicted octanol–water partition coefficient (Wildman–Crippen LogP) is 2.93. The summed E-state index contributed by atoms with van der Waals surface area (Å²) in [6.07, 6.45) is -2.77. The molecule has 0 saturated heterocycles. The van der Waals surface area contributed by atoms with Gasteiger partial charge in [0.1, 0.15) is 0 Å². The van der Waals surface area contributed by atoms with Gasteiger partial charge in [0.25, 0.3) is 0 Å². The van der Waals surface area contributed by atoms with E-state index in [4.69, 9.17) is 5.84 Å². The lowest BCUT2D eigenvalue weighted by Crippen LogP contribution is -2.30. The molecule has 112 valence electrons. The zero-order valence-electron chi connectivity index (χ0n) is 11.8. The highest BCUT2D eigenvalue weighted by atomic mass is 19.4. The molecule has 3 N–H and O–H groups in total. The number of halogens is 3. The van der Waals surface area contributed by atoms with Crippen molar-refractivity contribution in [2.75, 3.05) is 5.43 Å². The van der Waals surface area contributed by atoms with Crippen LogP contribution in [0.3, 0.4) is 0 Å². The number of nitrogens with one attached hydrogen (secondary N) is 1. The monoisotopic (exact) mass is 288 g/mol. The highest BCUT2D eigenvalue weighted by Gasteiger charge is 2.40. The van der Waals surface area contributed by atoms with Gasteiger partial charge in [-0.25, -0.2) is 15.8 Å². The lowest BCUT2D eigenvalue weighted by atomic mass is 9.71. The number of hydrazine groups is 1. The molecule has 2 rings (SSSR count). The van der Waals surface area contributed by atoms with Crippen molar-refractivity contribution in [3.05, 3.63) is 17.0 Å². The van der Waals surface area contributed by atoms with Crippen molar-refractivity contribution in [2.24, 2.45) is 17.2 Å². The van der Waals surface area contributed by atoms with Crippen LogP contribution in [0.4, 0.5) is 19.1 Å². The Morgan fingerprint density at radius 2 is 1.85 bits per heavy atom. The molecule has 1 aromatic rings. The van der Waals surface area contributed by atoms with Crippen LogP contribution in [-0.2, 0) is 19.0 Å². The molecule has 1 aliphatic rings. The molecule has 0 saturated carbocycles. The van der Waals surface area contributed by atoms with Crippen LogP contribution in [0, 0.1) is 11.3 Å². The Morgan fingerprint density at radius 1 is 1.20 bits per heavy atom. The van der Waals surface area contributed by atoms with Crippen LogP contribution in [0.5, 0.6) is 0 Å². The molecular formula is C13H19F3N4. The molecule has 0 spiro atoms. The van der Waals surface area contributed by atoms with Gasteiger partial charge in [-0.3, -0.25) is 5.43 Å². The molecule has 7 heteroatoms. The molecule has 1 atom stereocenters. The summed E-state index contributed by atoms with van der Waals surface area (Å²) in [7, 11) is 0. The molecule has 0 radical (unpaired) electrons. The Hall–Kier alpha value is -1.37. The van der Waals surface area contributed by atoms with Crippen molar-refractivity contribution in [3.63, 3.8) is 0 Å². The number of rotatable bonds is 1. The van der Waals surface area contributed by atoms with Gasteiger partial charge in [0, 0.05) is 11.3 Å². The van der Waals surface area contributed by atoms with Crippen LogP contribution >= 0.6 is 0 Å². The van der Waals surface area contributed by atoms with Gasteiger partial charge < -0.3 is 0 Å². The highest BCUT2D eigenvalue weighted by Crippen LogP contribution is 2.41. The lowest BCUT2D eigenvalue weighted by molar-refractivity contribution is -0.142. The average Bonchev–Trinajstić information content (AvgIpc) is 2.34. The highest BCUT2D eigenvalue weighted by molar-refractivity contribution is 5.37. The van der Waals surface area contributed by atoms with E-state index in [0.717, 1.165) is 6.42 Å². The summed E-state index contributed by atoms with van der Waals surface area (Å²) in [5, 5.41) is 0. The maximum atomic E-state index is 13.2. The van der Waals surface area contributed by atoms with Crippen molar-refractivity contribution in [2.45, 2.75) is 46.2 Å². The quantitative estimate of drug-likeness (QED) is 0.616. The fourth-order valence-electron chi connectivity index (χ4n) is 2.65. The van der Waals surface area contributed by atoms with E-state index < -0.39 is 11.9 Å². The van der Waals surface area contributed by atoms with Crippen LogP contribution in [0.2, 0.25) is 0 Å². The third-order valence-corrected chi connectivity index (χ3v) is 3.90. The number of aromatic nitrogens is 2. The Kier molecular flexibility index (Phi) is 3.66. The third kappa shape index (κ3) is 2.87. The van der Waals surface area contributed by atoms with Gasteiger partial charge >= 0.3 is 6.18 Å². The number of nitrogen functional groups attached to an aromatic ring is 1. The number of hydrogen-bond acceptors (Lipinski definition) is 4. The van der Waals surface area contributed by atoms with Gasteiger partial charge in [-0.1, -0.05) is 20.8 Å². The SMILES string of the molecule is CC(C)(C)C1CCc2nc(NN)nc(C(F)(F)F)c2C1. The van der Waals surface area contributed by atoms with E-state index in [-0.39, 0.29) is 22.8 Å². The van der Waals surface area contributed by atoms with Gasteiger partial charge in [0.15, 0.2) is 5.69 Å². The van der Waals surface area contributed by atoms with E-state index in [1.807, 2.05) is 20.8 Å². The van der Waals surface area contributed by atoms with Crippen LogP contribution < -0.4 is 11.3 Å². The standard InChI is InChI=1S/C13H19F3N4/c1-12(2,3)7-4-5-9-8(6-7)10(13(14,15)16)19-11(18-9)20-17/h7H,4-6,17H2,1-3H3,(H,18,19,20). The minimum Gasteiger partial charge on any atom is -0.292 e. The minimum absolute atomic E-state index is 0.0364. The summed E-state index contributed by atoms with van der Waals surface area (Å²) in [4.78, 5) is 7.60. The van der Waals surface area contributed by atoms with Crippen molar-refractivity contribution < 1.29 is 13.2 Å². The molecule has 4 nitrogen and oxygen atoms in total. The molecule has 0 amide bonds. The van der Waals surface area contributed by atoms with E-state index in [1.165, 1.54) is 0 Å². The molecule has 1 aromatic heterocycles. The van der Waals surface area contributed by atoms with Gasteiger partial charge in [0.2, 0.25) is 5.95 Å². The number of alkyl halides is 3. The zero-order valence-corrected chi connectivity index (χ0v) is 11.8. The Morgan fingerprint density at radius 3 is 2.35 bits per heavy atom. The molecule has 0 bridgehead atoms. The van der Waals surface area contributed by atoms with Crippen LogP contribution in [0.1, 0.15) is 44.1 Å². The smallest absolute Gasteiger partial charge is 0.292 e. The van der Waals surface area contributed by atoms with Crippen LogP contribution in [0.25, 0.3) is 0 Å². The zero-order chi connectivity index (χ0) is 15.1. The minimum atomic E-state index is -4.49. The largest absolute Gasteiger partial charge is 0.433 e. The molecular weight excluding hydrogens is 269 g/mol. The molecule has 1 unspecified atom stereocenters. The summed E-state index contributed by atoms with van der Waals surface area (Å²) in [6.45, 7) is 6.14. The van der Waals surface area contributed by atoms with Crippen LogP contribution in [0.15, 0.2) is 0 Å². The second-order valence-corrected chi connectivity index (χ2v) is 6.27. The van der Waals surface area contributed by atoms with E-state index in [9.17, 15) is 13.2 Å². The Bertz CT molecular complexity index is 506. The number of nitrogens with zero attached hydrogens (tertiary/aromatic N) is 2. The molecule has 1 heterocycles. The van der Waals surface area contributed by atoms with Gasteiger partial charge in [-0.2, -0.15) is 13.2 Å². The van der Waals surface area contributed by atoms with Crippen molar-refractivity contribution >= 4 is 5.95 Å². The number of anilines is 1. The topological polar surface area (TPSA) is 63.8 Å². The first-order valence-electron chi connectivity index (χ1n) is 6.56. The number of fused-ring (bicyclic) bond motifs is 1. The number of aryl methyl sites for hydroxylation is 1. The Labute approximate surface area is 116 Å². The van der Waals surface area contributed by atoms with Crippen LogP contribution in [-0.4, -0.2) is 9.97 Å². The first-order chi connectivity index (χ1) is 9.13. The number of hydrogen-bond donors (Lipinski definition) is 2. The fraction of sp³-hybridized carbons (Fsp3) is 0.692. The average molecular weight is 288 g/mol. The summed E-state index contributed by atoms with van der Waals surface area (Å²) in [5.41, 5.74) is 1.90. The molecule has 20 heavy (non-hydrogen) atoms. The molecule has 0 aliphatic heterocycles. The maximum absolute atomic E-state index is 13.2. The van der Waals surface area contributed by atoms with Crippen molar-refractivity contribution in [3.8, 4) is 0 Å². The molecule has 0 fully saturated rings. The normalized spacial score (nSPS) is 19.6. The molecule has 1 aliphatic carbocycles. The summed E-state index contributed by atoms with van der Waals surface area (Å²) in [5.74, 6) is 5.16. The number of nitrogens with two attached hydrogens (primary N) is 1. The lowest BCUT2D eigenvalue weighted by Gasteiger charge is -2.35. The van der Waals surface area contributed by atoms with Crippen molar-refractivity contribution in [1.82, 2.24) is 9.97 Å². The third-order valence-electron chi connectivity index (χ3n) is 3.90. The van der Waals surface area contributed by atoms with Gasteiger partial charge in [-0.05, 0) is 30.6 Å².